The molecule has 0 saturated heterocycles. The minimum atomic E-state index is -2.82. The predicted molar refractivity (Wildman–Crippen MR) is 70.4 cm³/mol. The highest BCUT2D eigenvalue weighted by Crippen LogP contribution is 2.30. The number of hydrogen-bond acceptors (Lipinski definition) is 2. The van der Waals surface area contributed by atoms with Crippen LogP contribution in [0.3, 0.4) is 0 Å². The third-order valence-electron chi connectivity index (χ3n) is 2.87. The van der Waals surface area contributed by atoms with Gasteiger partial charge >= 0.3 is 6.61 Å². The Morgan fingerprint density at radius 3 is 2.21 bits per heavy atom. The van der Waals surface area contributed by atoms with Gasteiger partial charge in [0.1, 0.15) is 5.75 Å². The highest BCUT2D eigenvalue weighted by Gasteiger charge is 2.17. The molecular formula is C15H15F2NO. The fraction of sp³-hybridized carbons (Fsp3) is 0.200. The van der Waals surface area contributed by atoms with E-state index < -0.39 is 6.61 Å². The summed E-state index contributed by atoms with van der Waals surface area (Å²) in [6.45, 7) is -2.82. The lowest BCUT2D eigenvalue weighted by Gasteiger charge is -2.20. The number of para-hydroxylation sites is 1. The molecule has 100 valence electrons. The number of ether oxygens (including phenoxy) is 1. The van der Waals surface area contributed by atoms with Crippen LogP contribution in [-0.2, 0) is 0 Å². The first-order valence-electron chi connectivity index (χ1n) is 5.98. The fourth-order valence-corrected chi connectivity index (χ4v) is 2.07. The molecule has 0 aromatic heterocycles. The van der Waals surface area contributed by atoms with Gasteiger partial charge in [0.05, 0.1) is 6.04 Å². The first kappa shape index (κ1) is 13.5. The molecule has 0 spiro atoms. The normalized spacial score (nSPS) is 12.4. The van der Waals surface area contributed by atoms with Gasteiger partial charge in [0, 0.05) is 5.56 Å². The SMILES string of the molecule is CNC(c1ccccc1)c1ccccc1OC(F)F. The fourth-order valence-electron chi connectivity index (χ4n) is 2.07. The van der Waals surface area contributed by atoms with Gasteiger partial charge < -0.3 is 10.1 Å². The maximum atomic E-state index is 12.4. The highest BCUT2D eigenvalue weighted by atomic mass is 19.3. The molecule has 0 heterocycles. The Morgan fingerprint density at radius 2 is 1.58 bits per heavy atom. The van der Waals surface area contributed by atoms with E-state index in [0.717, 1.165) is 5.56 Å². The van der Waals surface area contributed by atoms with Crippen LogP contribution >= 0.6 is 0 Å². The summed E-state index contributed by atoms with van der Waals surface area (Å²) in [6, 6.07) is 16.3. The quantitative estimate of drug-likeness (QED) is 0.890. The number of halogens is 2. The lowest BCUT2D eigenvalue weighted by atomic mass is 9.98. The molecule has 2 nitrogen and oxygen atoms in total. The molecule has 0 radical (unpaired) electrons. The van der Waals surface area contributed by atoms with Crippen molar-refractivity contribution in [2.24, 2.45) is 0 Å². The third kappa shape index (κ3) is 3.29. The molecule has 2 aromatic rings. The first-order valence-corrected chi connectivity index (χ1v) is 5.98. The van der Waals surface area contributed by atoms with E-state index in [1.54, 1.807) is 31.3 Å². The Labute approximate surface area is 111 Å². The van der Waals surface area contributed by atoms with Gasteiger partial charge in [-0.2, -0.15) is 8.78 Å². The van der Waals surface area contributed by atoms with Gasteiger partial charge in [0.2, 0.25) is 0 Å². The largest absolute Gasteiger partial charge is 0.434 e. The minimum absolute atomic E-state index is 0.184. The molecule has 0 aliphatic heterocycles. The number of benzene rings is 2. The van der Waals surface area contributed by atoms with Gasteiger partial charge in [-0.05, 0) is 18.7 Å². The Morgan fingerprint density at radius 1 is 0.947 bits per heavy atom. The van der Waals surface area contributed by atoms with Gasteiger partial charge in [-0.1, -0.05) is 48.5 Å². The molecule has 1 atom stereocenters. The Kier molecular flexibility index (Phi) is 4.47. The first-order chi connectivity index (χ1) is 9.22. The van der Waals surface area contributed by atoms with Crippen molar-refractivity contribution in [3.8, 4) is 5.75 Å². The van der Waals surface area contributed by atoms with Crippen molar-refractivity contribution in [1.29, 1.82) is 0 Å². The molecule has 4 heteroatoms. The third-order valence-corrected chi connectivity index (χ3v) is 2.87. The van der Waals surface area contributed by atoms with E-state index in [9.17, 15) is 8.78 Å². The van der Waals surface area contributed by atoms with E-state index in [1.165, 1.54) is 0 Å². The maximum absolute atomic E-state index is 12.4. The zero-order valence-electron chi connectivity index (χ0n) is 10.5. The van der Waals surface area contributed by atoms with Gasteiger partial charge in [-0.15, -0.1) is 0 Å². The molecule has 0 amide bonds. The van der Waals surface area contributed by atoms with Crippen LogP contribution in [0.4, 0.5) is 8.78 Å². The van der Waals surface area contributed by atoms with Crippen LogP contribution in [0, 0.1) is 0 Å². The molecule has 0 fully saturated rings. The summed E-state index contributed by atoms with van der Waals surface area (Å²) >= 11 is 0. The molecule has 0 bridgehead atoms. The van der Waals surface area contributed by atoms with Crippen molar-refractivity contribution in [3.63, 3.8) is 0 Å². The standard InChI is InChI=1S/C15H15F2NO/c1-18-14(11-7-3-2-4-8-11)12-9-5-6-10-13(12)19-15(16)17/h2-10,14-15,18H,1H3. The number of alkyl halides is 2. The molecule has 0 aliphatic rings. The summed E-state index contributed by atoms with van der Waals surface area (Å²) in [5, 5.41) is 3.12. The molecular weight excluding hydrogens is 248 g/mol. The van der Waals surface area contributed by atoms with Crippen LogP contribution in [0.5, 0.6) is 5.75 Å². The van der Waals surface area contributed by atoms with E-state index in [-0.39, 0.29) is 11.8 Å². The van der Waals surface area contributed by atoms with E-state index in [4.69, 9.17) is 0 Å². The molecule has 1 N–H and O–H groups in total. The van der Waals surface area contributed by atoms with Crippen LogP contribution in [-0.4, -0.2) is 13.7 Å². The lowest BCUT2D eigenvalue weighted by molar-refractivity contribution is -0.0506. The van der Waals surface area contributed by atoms with Crippen LogP contribution in [0.2, 0.25) is 0 Å². The zero-order valence-corrected chi connectivity index (χ0v) is 10.5. The molecule has 19 heavy (non-hydrogen) atoms. The summed E-state index contributed by atoms with van der Waals surface area (Å²) in [5.74, 6) is 0.195. The summed E-state index contributed by atoms with van der Waals surface area (Å²) in [5.41, 5.74) is 1.69. The van der Waals surface area contributed by atoms with Crippen molar-refractivity contribution in [3.05, 3.63) is 65.7 Å². The van der Waals surface area contributed by atoms with Crippen LogP contribution in [0.25, 0.3) is 0 Å². The Bertz CT molecular complexity index is 517. The second kappa shape index (κ2) is 6.29. The van der Waals surface area contributed by atoms with Gasteiger partial charge in [0.25, 0.3) is 0 Å². The average Bonchev–Trinajstić information content (AvgIpc) is 2.42. The number of nitrogens with one attached hydrogen (secondary N) is 1. The second-order valence-electron chi connectivity index (χ2n) is 4.05. The highest BCUT2D eigenvalue weighted by molar-refractivity contribution is 5.41. The van der Waals surface area contributed by atoms with Crippen molar-refractivity contribution >= 4 is 0 Å². The van der Waals surface area contributed by atoms with E-state index in [0.29, 0.717) is 5.56 Å². The monoisotopic (exact) mass is 263 g/mol. The molecule has 2 aromatic carbocycles. The van der Waals surface area contributed by atoms with Crippen LogP contribution in [0.15, 0.2) is 54.6 Å². The van der Waals surface area contributed by atoms with E-state index in [2.05, 4.69) is 10.1 Å². The van der Waals surface area contributed by atoms with Crippen molar-refractivity contribution < 1.29 is 13.5 Å². The maximum Gasteiger partial charge on any atom is 0.387 e. The van der Waals surface area contributed by atoms with E-state index >= 15 is 0 Å². The topological polar surface area (TPSA) is 21.3 Å². The summed E-state index contributed by atoms with van der Waals surface area (Å²) in [4.78, 5) is 0. The van der Waals surface area contributed by atoms with Crippen LogP contribution < -0.4 is 10.1 Å². The second-order valence-corrected chi connectivity index (χ2v) is 4.05. The minimum Gasteiger partial charge on any atom is -0.434 e. The Hall–Kier alpha value is -1.94. The van der Waals surface area contributed by atoms with Gasteiger partial charge in [0.15, 0.2) is 0 Å². The van der Waals surface area contributed by atoms with E-state index in [1.807, 2.05) is 30.3 Å². The van der Waals surface area contributed by atoms with Crippen molar-refractivity contribution in [2.75, 3.05) is 7.05 Å². The van der Waals surface area contributed by atoms with Gasteiger partial charge in [-0.3, -0.25) is 0 Å². The zero-order chi connectivity index (χ0) is 13.7. The lowest BCUT2D eigenvalue weighted by Crippen LogP contribution is -2.19. The van der Waals surface area contributed by atoms with Crippen LogP contribution in [0.1, 0.15) is 17.2 Å². The smallest absolute Gasteiger partial charge is 0.387 e. The van der Waals surface area contributed by atoms with Gasteiger partial charge in [-0.25, -0.2) is 0 Å². The summed E-state index contributed by atoms with van der Waals surface area (Å²) < 4.78 is 29.4. The summed E-state index contributed by atoms with van der Waals surface area (Å²) in [7, 11) is 1.79. The average molecular weight is 263 g/mol. The molecule has 0 saturated carbocycles. The number of hydrogen-bond donors (Lipinski definition) is 1. The Balaban J connectivity index is 2.38. The predicted octanol–water partition coefficient (Wildman–Crippen LogP) is 3.60. The van der Waals surface area contributed by atoms with Crippen molar-refractivity contribution in [1.82, 2.24) is 5.32 Å². The van der Waals surface area contributed by atoms with Crippen molar-refractivity contribution in [2.45, 2.75) is 12.7 Å². The molecule has 1 unspecified atom stereocenters. The summed E-state index contributed by atoms with van der Waals surface area (Å²) in [6.07, 6.45) is 0. The number of rotatable bonds is 5. The molecule has 2 rings (SSSR count). The molecule has 0 aliphatic carbocycles.